The zero-order valence-electron chi connectivity index (χ0n) is 20.9. The van der Waals surface area contributed by atoms with Crippen LogP contribution in [0.25, 0.3) is 11.3 Å². The van der Waals surface area contributed by atoms with Crippen molar-refractivity contribution in [1.82, 2.24) is 15.0 Å². The molecule has 16 heteroatoms. The highest BCUT2D eigenvalue weighted by Crippen LogP contribution is 2.33. The second kappa shape index (κ2) is 11.8. The number of benzene rings is 2. The SMILES string of the molecule is O=[N+]([O-])c1ccc(-c2ccc(/C=N\Nc3nc(Nc4cccc(C(F)(F)F)c4)nc(N4CCOCC4)n3)o2)c(Cl)c1. The summed E-state index contributed by atoms with van der Waals surface area (Å²) in [5.41, 5.74) is 2.32. The fraction of sp³-hybridized carbons (Fsp3) is 0.200. The number of hydrogen-bond donors (Lipinski definition) is 2. The molecule has 5 rings (SSSR count). The largest absolute Gasteiger partial charge is 0.455 e. The molecule has 1 fully saturated rings. The second-order valence-corrected chi connectivity index (χ2v) is 8.99. The van der Waals surface area contributed by atoms with E-state index in [9.17, 15) is 23.3 Å². The van der Waals surface area contributed by atoms with Crippen LogP contribution in [0.15, 0.2) is 64.1 Å². The zero-order valence-corrected chi connectivity index (χ0v) is 21.7. The first-order chi connectivity index (χ1) is 19.7. The first-order valence-corrected chi connectivity index (χ1v) is 12.4. The molecule has 2 N–H and O–H groups in total. The van der Waals surface area contributed by atoms with E-state index in [4.69, 9.17) is 20.8 Å². The molecule has 2 aromatic heterocycles. The number of hydrazone groups is 1. The van der Waals surface area contributed by atoms with E-state index in [0.29, 0.717) is 43.4 Å². The van der Waals surface area contributed by atoms with Gasteiger partial charge in [-0.15, -0.1) is 0 Å². The molecule has 212 valence electrons. The molecule has 0 unspecified atom stereocenters. The van der Waals surface area contributed by atoms with E-state index in [-0.39, 0.29) is 34.2 Å². The molecule has 0 atom stereocenters. The van der Waals surface area contributed by atoms with E-state index in [0.717, 1.165) is 12.1 Å². The van der Waals surface area contributed by atoms with Gasteiger partial charge < -0.3 is 19.4 Å². The highest BCUT2D eigenvalue weighted by Gasteiger charge is 2.30. The summed E-state index contributed by atoms with van der Waals surface area (Å²) in [4.78, 5) is 25.2. The average molecular weight is 589 g/mol. The van der Waals surface area contributed by atoms with Gasteiger partial charge in [-0.3, -0.25) is 10.1 Å². The summed E-state index contributed by atoms with van der Waals surface area (Å²) in [5.74, 6) is 1.01. The molecular formula is C25H20ClF3N8O4. The molecular weight excluding hydrogens is 569 g/mol. The van der Waals surface area contributed by atoms with Crippen molar-refractivity contribution < 1.29 is 27.2 Å². The molecule has 1 aliphatic rings. The van der Waals surface area contributed by atoms with Crippen molar-refractivity contribution in [2.75, 3.05) is 41.9 Å². The van der Waals surface area contributed by atoms with Crippen LogP contribution in [0.5, 0.6) is 0 Å². The summed E-state index contributed by atoms with van der Waals surface area (Å²) in [6.45, 7) is 1.94. The van der Waals surface area contributed by atoms with Crippen LogP contribution in [0.4, 0.5) is 42.4 Å². The summed E-state index contributed by atoms with van der Waals surface area (Å²) < 4.78 is 50.6. The minimum atomic E-state index is -4.51. The molecule has 41 heavy (non-hydrogen) atoms. The van der Waals surface area contributed by atoms with Gasteiger partial charge in [0.25, 0.3) is 5.69 Å². The third-order valence-electron chi connectivity index (χ3n) is 5.78. The highest BCUT2D eigenvalue weighted by molar-refractivity contribution is 6.33. The third kappa shape index (κ3) is 6.88. The minimum absolute atomic E-state index is 0.00612. The van der Waals surface area contributed by atoms with Crippen LogP contribution in [0.3, 0.4) is 0 Å². The molecule has 4 aromatic rings. The maximum Gasteiger partial charge on any atom is 0.416 e. The van der Waals surface area contributed by atoms with Crippen LogP contribution < -0.4 is 15.6 Å². The summed E-state index contributed by atoms with van der Waals surface area (Å²) >= 11 is 6.18. The van der Waals surface area contributed by atoms with Gasteiger partial charge >= 0.3 is 6.18 Å². The number of ether oxygens (including phenoxy) is 1. The monoisotopic (exact) mass is 588 g/mol. The molecule has 2 aromatic carbocycles. The Kier molecular flexibility index (Phi) is 7.98. The number of alkyl halides is 3. The fourth-order valence-electron chi connectivity index (χ4n) is 3.82. The number of nitrogens with zero attached hydrogens (tertiary/aromatic N) is 6. The lowest BCUT2D eigenvalue weighted by Crippen LogP contribution is -2.37. The first-order valence-electron chi connectivity index (χ1n) is 12.0. The average Bonchev–Trinajstić information content (AvgIpc) is 3.41. The number of rotatable bonds is 8. The summed E-state index contributed by atoms with van der Waals surface area (Å²) in [6, 6.07) is 11.9. The van der Waals surface area contributed by atoms with Gasteiger partial charge in [0.1, 0.15) is 11.5 Å². The Bertz CT molecular complexity index is 1590. The van der Waals surface area contributed by atoms with Crippen molar-refractivity contribution in [1.29, 1.82) is 0 Å². The topological polar surface area (TPSA) is 144 Å². The Morgan fingerprint density at radius 2 is 1.83 bits per heavy atom. The molecule has 0 aliphatic carbocycles. The molecule has 0 bridgehead atoms. The fourth-order valence-corrected chi connectivity index (χ4v) is 4.08. The summed E-state index contributed by atoms with van der Waals surface area (Å²) in [6.07, 6.45) is -3.16. The second-order valence-electron chi connectivity index (χ2n) is 8.58. The highest BCUT2D eigenvalue weighted by atomic mass is 35.5. The molecule has 0 amide bonds. The van der Waals surface area contributed by atoms with Crippen molar-refractivity contribution >= 4 is 47.0 Å². The number of furan rings is 1. The van der Waals surface area contributed by atoms with E-state index in [1.807, 2.05) is 4.90 Å². The van der Waals surface area contributed by atoms with Gasteiger partial charge in [0.15, 0.2) is 0 Å². The minimum Gasteiger partial charge on any atom is -0.455 e. The van der Waals surface area contributed by atoms with Gasteiger partial charge in [-0.25, -0.2) is 5.43 Å². The Hall–Kier alpha value is -4.76. The number of nitrogens with one attached hydrogen (secondary N) is 2. The number of hydrogen-bond acceptors (Lipinski definition) is 11. The van der Waals surface area contributed by atoms with Crippen LogP contribution in [0.2, 0.25) is 5.02 Å². The van der Waals surface area contributed by atoms with Crippen LogP contribution in [0, 0.1) is 10.1 Å². The van der Waals surface area contributed by atoms with E-state index < -0.39 is 16.7 Å². The van der Waals surface area contributed by atoms with Gasteiger partial charge in [0.2, 0.25) is 17.8 Å². The van der Waals surface area contributed by atoms with Crippen molar-refractivity contribution in [2.45, 2.75) is 6.18 Å². The standard InChI is InChI=1S/C25H20ClF3N8O4/c26-20-13-17(37(38)39)4-6-19(20)21-7-5-18(41-21)14-30-35-23-32-22(33-24(34-23)36-8-10-40-11-9-36)31-16-3-1-2-15(12-16)25(27,28)29/h1-7,12-14H,8-11H2,(H2,31,32,33,34,35)/b30-14-. The van der Waals surface area contributed by atoms with E-state index in [1.165, 1.54) is 36.5 Å². The van der Waals surface area contributed by atoms with Gasteiger partial charge in [0.05, 0.1) is 34.9 Å². The Morgan fingerprint density at radius 1 is 1.05 bits per heavy atom. The smallest absolute Gasteiger partial charge is 0.416 e. The molecule has 0 radical (unpaired) electrons. The Morgan fingerprint density at radius 3 is 2.56 bits per heavy atom. The van der Waals surface area contributed by atoms with Crippen LogP contribution in [-0.2, 0) is 10.9 Å². The number of aromatic nitrogens is 3. The normalized spacial score (nSPS) is 13.9. The number of non-ortho nitro benzene ring substituents is 1. The lowest BCUT2D eigenvalue weighted by molar-refractivity contribution is -0.384. The Balaban J connectivity index is 1.35. The van der Waals surface area contributed by atoms with E-state index in [1.54, 1.807) is 12.1 Å². The summed E-state index contributed by atoms with van der Waals surface area (Å²) in [5, 5.41) is 18.0. The van der Waals surface area contributed by atoms with Crippen LogP contribution in [0.1, 0.15) is 11.3 Å². The van der Waals surface area contributed by atoms with Crippen molar-refractivity contribution in [3.05, 3.63) is 81.1 Å². The van der Waals surface area contributed by atoms with E-state index >= 15 is 0 Å². The number of nitro benzene ring substituents is 1. The van der Waals surface area contributed by atoms with Gasteiger partial charge in [0, 0.05) is 36.5 Å². The molecule has 3 heterocycles. The van der Waals surface area contributed by atoms with Crippen molar-refractivity contribution in [2.24, 2.45) is 5.10 Å². The zero-order chi connectivity index (χ0) is 29.0. The van der Waals surface area contributed by atoms with Gasteiger partial charge in [-0.05, 0) is 36.4 Å². The number of anilines is 4. The summed E-state index contributed by atoms with van der Waals surface area (Å²) in [7, 11) is 0. The Labute approximate surface area is 235 Å². The van der Waals surface area contributed by atoms with Gasteiger partial charge in [-0.1, -0.05) is 17.7 Å². The van der Waals surface area contributed by atoms with Crippen molar-refractivity contribution in [3.8, 4) is 11.3 Å². The van der Waals surface area contributed by atoms with Crippen molar-refractivity contribution in [3.63, 3.8) is 0 Å². The molecule has 0 saturated carbocycles. The maximum atomic E-state index is 13.2. The molecule has 12 nitrogen and oxygen atoms in total. The molecule has 1 saturated heterocycles. The first kappa shape index (κ1) is 27.8. The van der Waals surface area contributed by atoms with Crippen LogP contribution >= 0.6 is 11.6 Å². The number of nitro groups is 1. The number of morpholine rings is 1. The lowest BCUT2D eigenvalue weighted by Gasteiger charge is -2.27. The van der Waals surface area contributed by atoms with Crippen LogP contribution in [-0.4, -0.2) is 52.4 Å². The predicted octanol–water partition coefficient (Wildman–Crippen LogP) is 5.74. The quantitative estimate of drug-likeness (QED) is 0.148. The van der Waals surface area contributed by atoms with E-state index in [2.05, 4.69) is 30.8 Å². The third-order valence-corrected chi connectivity index (χ3v) is 6.09. The molecule has 1 aliphatic heterocycles. The lowest BCUT2D eigenvalue weighted by atomic mass is 10.1. The maximum absolute atomic E-state index is 13.2. The molecule has 0 spiro atoms. The number of halogens is 4. The predicted molar refractivity (Wildman–Crippen MR) is 145 cm³/mol. The van der Waals surface area contributed by atoms with Gasteiger partial charge in [-0.2, -0.15) is 33.2 Å².